The maximum atomic E-state index is 10.1. The minimum atomic E-state index is -2.20. The van der Waals surface area contributed by atoms with Crippen molar-refractivity contribution in [3.63, 3.8) is 0 Å². The topological polar surface area (TPSA) is 138 Å². The van der Waals surface area contributed by atoms with Crippen LogP contribution >= 0.6 is 0 Å². The number of aliphatic hydroxyl groups excluding tert-OH is 5. The first kappa shape index (κ1) is 16.2. The maximum absolute atomic E-state index is 10.1. The number of carboxylic acids is 1. The van der Waals surface area contributed by atoms with Gasteiger partial charge in [0.05, 0.1) is 6.61 Å². The zero-order valence-corrected chi connectivity index (χ0v) is 7.91. The van der Waals surface area contributed by atoms with Crippen LogP contribution in [0.4, 0.5) is 0 Å². The van der Waals surface area contributed by atoms with Gasteiger partial charge in [0.1, 0.15) is 18.3 Å². The van der Waals surface area contributed by atoms with Crippen LogP contribution in [-0.4, -0.2) is 67.6 Å². The Balaban J connectivity index is 0. The van der Waals surface area contributed by atoms with E-state index in [0.29, 0.717) is 0 Å². The molecule has 0 spiro atoms. The molecule has 0 fully saturated rings. The Bertz CT molecular complexity index is 176. The first-order valence-corrected chi connectivity index (χ1v) is 3.47. The van der Waals surface area contributed by atoms with Crippen LogP contribution in [0.1, 0.15) is 0 Å². The number of hydrogen-bond acceptors (Lipinski definition) is 6. The predicted molar refractivity (Wildman–Crippen MR) is 38.7 cm³/mol. The van der Waals surface area contributed by atoms with Gasteiger partial charge >= 0.3 is 5.97 Å². The first-order chi connectivity index (χ1) is 5.91. The van der Waals surface area contributed by atoms with E-state index in [-0.39, 0.29) is 16.5 Å². The molecule has 0 bridgehead atoms. The predicted octanol–water partition coefficient (Wildman–Crippen LogP) is -3.50. The van der Waals surface area contributed by atoms with E-state index in [1.165, 1.54) is 0 Å². The average Bonchev–Trinajstić information content (AvgIpc) is 2.12. The third-order valence-corrected chi connectivity index (χ3v) is 1.51. The van der Waals surface area contributed by atoms with Crippen molar-refractivity contribution in [1.29, 1.82) is 0 Å². The molecule has 0 aliphatic heterocycles. The number of aliphatic carboxylic acids is 1. The largest absolute Gasteiger partial charge is 0.479 e. The molecule has 0 aliphatic rings. The molecule has 6 N–H and O–H groups in total. The molecule has 88 valence electrons. The Kier molecular flexibility index (Phi) is 8.23. The third-order valence-electron chi connectivity index (χ3n) is 1.51. The zero-order chi connectivity index (χ0) is 10.6. The van der Waals surface area contributed by atoms with Crippen molar-refractivity contribution in [2.45, 2.75) is 24.4 Å². The monoisotopic (exact) mass is 254 g/mol. The first-order valence-electron chi connectivity index (χ1n) is 3.47. The summed E-state index contributed by atoms with van der Waals surface area (Å²) in [6.07, 6.45) is -7.84. The molecule has 4 unspecified atom stereocenters. The smallest absolute Gasteiger partial charge is 0.335 e. The zero-order valence-electron chi connectivity index (χ0n) is 6.92. The molecule has 0 radical (unpaired) electrons. The van der Waals surface area contributed by atoms with E-state index < -0.39 is 37.0 Å². The van der Waals surface area contributed by atoms with E-state index in [1.807, 2.05) is 0 Å². The number of carbonyl (C=O) groups is 1. The van der Waals surface area contributed by atoms with E-state index in [0.717, 1.165) is 0 Å². The SMILES string of the molecule is O=C(O)C(O)C(O)C(O)C(O)CO.[Ni]. The van der Waals surface area contributed by atoms with Gasteiger partial charge in [-0.15, -0.1) is 0 Å². The number of carboxylic acid groups (broad SMARTS) is 1. The van der Waals surface area contributed by atoms with Crippen molar-refractivity contribution in [2.24, 2.45) is 0 Å². The minimum Gasteiger partial charge on any atom is -0.479 e. The summed E-state index contributed by atoms with van der Waals surface area (Å²) >= 11 is 0. The van der Waals surface area contributed by atoms with E-state index in [9.17, 15) is 4.79 Å². The second-order valence-corrected chi connectivity index (χ2v) is 2.51. The molecular weight excluding hydrogens is 243 g/mol. The average molecular weight is 255 g/mol. The van der Waals surface area contributed by atoms with Gasteiger partial charge < -0.3 is 30.6 Å². The minimum absolute atomic E-state index is 0. The van der Waals surface area contributed by atoms with Crippen molar-refractivity contribution in [3.05, 3.63) is 0 Å². The summed E-state index contributed by atoms with van der Waals surface area (Å²) in [6.45, 7) is -0.843. The summed E-state index contributed by atoms with van der Waals surface area (Å²) in [6, 6.07) is 0. The van der Waals surface area contributed by atoms with E-state index in [2.05, 4.69) is 0 Å². The van der Waals surface area contributed by atoms with Crippen LogP contribution in [0.3, 0.4) is 0 Å². The Morgan fingerprint density at radius 1 is 1.07 bits per heavy atom. The number of hydrogen-bond donors (Lipinski definition) is 6. The normalized spacial score (nSPS) is 18.9. The number of rotatable bonds is 5. The van der Waals surface area contributed by atoms with E-state index in [4.69, 9.17) is 30.6 Å². The Hall–Kier alpha value is -0.236. The van der Waals surface area contributed by atoms with E-state index >= 15 is 0 Å². The Morgan fingerprint density at radius 3 is 1.79 bits per heavy atom. The van der Waals surface area contributed by atoms with Gasteiger partial charge in [-0.1, -0.05) is 0 Å². The van der Waals surface area contributed by atoms with Crippen molar-refractivity contribution in [2.75, 3.05) is 6.61 Å². The summed E-state index contributed by atoms with van der Waals surface area (Å²) in [5.74, 6) is -1.73. The summed E-state index contributed by atoms with van der Waals surface area (Å²) in [5, 5.41) is 51.8. The van der Waals surface area contributed by atoms with Gasteiger partial charge in [-0.05, 0) is 0 Å². The van der Waals surface area contributed by atoms with Crippen molar-refractivity contribution < 1.29 is 51.9 Å². The fraction of sp³-hybridized carbons (Fsp3) is 0.833. The van der Waals surface area contributed by atoms with Gasteiger partial charge in [-0.25, -0.2) is 4.79 Å². The second-order valence-electron chi connectivity index (χ2n) is 2.51. The fourth-order valence-electron chi connectivity index (χ4n) is 0.668. The van der Waals surface area contributed by atoms with Crippen LogP contribution in [0, 0.1) is 0 Å². The Labute approximate surface area is 89.5 Å². The van der Waals surface area contributed by atoms with Gasteiger partial charge in [-0.2, -0.15) is 0 Å². The standard InChI is InChI=1S/C6H12O7.Ni/c7-1-2(8)3(9)4(10)5(11)6(12)13;/h2-5,7-11H,1H2,(H,12,13);. The molecule has 0 aliphatic carbocycles. The summed E-state index contributed by atoms with van der Waals surface area (Å²) in [4.78, 5) is 10.1. The molecule has 14 heavy (non-hydrogen) atoms. The molecular formula is C6H12NiO7. The van der Waals surface area contributed by atoms with Gasteiger partial charge in [0.25, 0.3) is 0 Å². The quantitative estimate of drug-likeness (QED) is 0.280. The molecule has 0 heterocycles. The fourth-order valence-corrected chi connectivity index (χ4v) is 0.668. The number of aliphatic hydroxyl groups is 5. The maximum Gasteiger partial charge on any atom is 0.335 e. The molecule has 0 aromatic heterocycles. The van der Waals surface area contributed by atoms with Crippen LogP contribution in [-0.2, 0) is 21.3 Å². The van der Waals surface area contributed by atoms with Crippen molar-refractivity contribution in [3.8, 4) is 0 Å². The Morgan fingerprint density at radius 2 is 1.50 bits per heavy atom. The summed E-state index contributed by atoms with van der Waals surface area (Å²) in [5.41, 5.74) is 0. The molecule has 0 rings (SSSR count). The van der Waals surface area contributed by atoms with Crippen LogP contribution in [0.2, 0.25) is 0 Å². The van der Waals surface area contributed by atoms with Gasteiger partial charge in [0.2, 0.25) is 0 Å². The van der Waals surface area contributed by atoms with Crippen LogP contribution < -0.4 is 0 Å². The van der Waals surface area contributed by atoms with Gasteiger partial charge in [0, 0.05) is 16.5 Å². The second kappa shape index (κ2) is 7.11. The summed E-state index contributed by atoms with van der Waals surface area (Å²) in [7, 11) is 0. The molecule has 0 saturated carbocycles. The van der Waals surface area contributed by atoms with Gasteiger partial charge in [-0.3, -0.25) is 0 Å². The molecule has 0 aromatic rings. The van der Waals surface area contributed by atoms with Crippen LogP contribution in [0.25, 0.3) is 0 Å². The molecule has 8 heteroatoms. The summed E-state index contributed by atoms with van der Waals surface area (Å²) < 4.78 is 0. The van der Waals surface area contributed by atoms with E-state index in [1.54, 1.807) is 0 Å². The van der Waals surface area contributed by atoms with Crippen molar-refractivity contribution in [1.82, 2.24) is 0 Å². The van der Waals surface area contributed by atoms with Crippen molar-refractivity contribution >= 4 is 5.97 Å². The van der Waals surface area contributed by atoms with Gasteiger partial charge in [0.15, 0.2) is 6.10 Å². The molecule has 7 nitrogen and oxygen atoms in total. The van der Waals surface area contributed by atoms with Crippen LogP contribution in [0.5, 0.6) is 0 Å². The molecule has 0 aromatic carbocycles. The van der Waals surface area contributed by atoms with Crippen LogP contribution in [0.15, 0.2) is 0 Å². The molecule has 4 atom stereocenters. The third kappa shape index (κ3) is 4.32. The molecule has 0 amide bonds. The molecule has 0 saturated heterocycles.